The molecular weight excluding hydrogens is 359 g/mol. The number of fused-ring (bicyclic) bond motifs is 1. The van der Waals surface area contributed by atoms with E-state index in [2.05, 4.69) is 16.4 Å². The van der Waals surface area contributed by atoms with Crippen LogP contribution in [0.25, 0.3) is 16.1 Å². The van der Waals surface area contributed by atoms with Crippen LogP contribution in [0.2, 0.25) is 0 Å². The van der Waals surface area contributed by atoms with E-state index in [9.17, 15) is 8.78 Å². The summed E-state index contributed by atoms with van der Waals surface area (Å²) in [5, 5.41) is 5.53. The molecule has 22 heavy (non-hydrogen) atoms. The van der Waals surface area contributed by atoms with Gasteiger partial charge in [-0.25, -0.2) is 8.78 Å². The van der Waals surface area contributed by atoms with Crippen molar-refractivity contribution in [3.05, 3.63) is 77.9 Å². The summed E-state index contributed by atoms with van der Waals surface area (Å²) in [5.41, 5.74) is 0.647. The Labute approximate surface area is 153 Å². The summed E-state index contributed by atoms with van der Waals surface area (Å²) in [6, 6.07) is 17.0. The molecule has 1 radical (unpaired) electrons. The molecule has 1 heterocycles. The number of benzene rings is 2. The average molecular weight is 373 g/mol. The van der Waals surface area contributed by atoms with Gasteiger partial charge < -0.3 is 5.32 Å². The van der Waals surface area contributed by atoms with Crippen LogP contribution >= 0.6 is 0 Å². The smallest absolute Gasteiger partial charge is 0.263 e. The molecule has 3 rings (SSSR count). The van der Waals surface area contributed by atoms with Gasteiger partial charge in [0.05, 0.1) is 0 Å². The third kappa shape index (κ3) is 5.11. The monoisotopic (exact) mass is 373 g/mol. The molecule has 0 bridgehead atoms. The van der Waals surface area contributed by atoms with Crippen LogP contribution < -0.4 is 0 Å². The molecule has 111 valence electrons. The van der Waals surface area contributed by atoms with Crippen molar-refractivity contribution in [3.63, 3.8) is 0 Å². The second kappa shape index (κ2) is 9.59. The number of hydrogen-bond acceptors (Lipinski definition) is 1. The van der Waals surface area contributed by atoms with Gasteiger partial charge in [-0.3, -0.25) is 4.98 Å². The zero-order valence-corrected chi connectivity index (χ0v) is 14.9. The summed E-state index contributed by atoms with van der Waals surface area (Å²) in [4.78, 5) is 3.98. The van der Waals surface area contributed by atoms with E-state index in [0.29, 0.717) is 11.1 Å². The van der Waals surface area contributed by atoms with E-state index in [1.54, 1.807) is 25.5 Å². The maximum Gasteiger partial charge on any atom is 0.263 e. The van der Waals surface area contributed by atoms with E-state index in [1.165, 1.54) is 12.1 Å². The van der Waals surface area contributed by atoms with E-state index in [-0.39, 0.29) is 38.3 Å². The van der Waals surface area contributed by atoms with Crippen LogP contribution in [-0.2, 0) is 32.7 Å². The van der Waals surface area contributed by atoms with Crippen LogP contribution in [-0.4, -0.2) is 12.0 Å². The van der Waals surface area contributed by atoms with Crippen molar-refractivity contribution in [2.24, 2.45) is 0 Å². The predicted octanol–water partition coefficient (Wildman–Crippen LogP) is 5.29. The van der Waals surface area contributed by atoms with Crippen molar-refractivity contribution in [2.75, 3.05) is 7.05 Å². The largest absolute Gasteiger partial charge is 0.685 e. The van der Waals surface area contributed by atoms with Crippen LogP contribution in [0.3, 0.4) is 0 Å². The summed E-state index contributed by atoms with van der Waals surface area (Å²) < 4.78 is 25.0. The summed E-state index contributed by atoms with van der Waals surface area (Å²) in [6.07, 6.45) is 0.754. The summed E-state index contributed by atoms with van der Waals surface area (Å²) in [7, 11) is 1.62. The topological polar surface area (TPSA) is 27.0 Å². The molecule has 2 nitrogen and oxygen atoms in total. The third-order valence-electron chi connectivity index (χ3n) is 2.86. The maximum atomic E-state index is 12.5. The van der Waals surface area contributed by atoms with Crippen molar-refractivity contribution in [2.45, 2.75) is 6.43 Å². The van der Waals surface area contributed by atoms with Crippen LogP contribution in [0.4, 0.5) is 14.5 Å². The quantitative estimate of drug-likeness (QED) is 0.561. The molecule has 0 N–H and O–H groups in total. The number of alkyl halides is 2. The first-order valence-electron chi connectivity index (χ1n) is 6.39. The van der Waals surface area contributed by atoms with E-state index < -0.39 is 6.43 Å². The number of nitrogens with zero attached hydrogens (tertiary/aromatic N) is 2. The van der Waals surface area contributed by atoms with Gasteiger partial charge in [-0.1, -0.05) is 12.1 Å². The van der Waals surface area contributed by atoms with Gasteiger partial charge in [0.2, 0.25) is 0 Å². The number of rotatable bonds is 2. The normalized spacial score (nSPS) is 9.64. The number of pyridine rings is 1. The van der Waals surface area contributed by atoms with Gasteiger partial charge in [0.25, 0.3) is 6.43 Å². The Morgan fingerprint density at radius 2 is 1.82 bits per heavy atom. The van der Waals surface area contributed by atoms with Crippen molar-refractivity contribution in [1.29, 1.82) is 0 Å². The number of aromatic nitrogens is 1. The fraction of sp³-hybridized carbons (Fsp3) is 0.118. The molecule has 5 heteroatoms. The Kier molecular flexibility index (Phi) is 8.14. The molecule has 0 unspecified atom stereocenters. The van der Waals surface area contributed by atoms with E-state index >= 15 is 0 Å². The van der Waals surface area contributed by atoms with Gasteiger partial charge in [0, 0.05) is 50.7 Å². The Hall–Kier alpha value is -1.39. The molecule has 0 amide bonds. The standard InChI is InChI=1S/C11H9F2N2.C6H5.Y/c1-14-10-6-15-5-8-3-2-7(11(12)13)4-9(8)10;1-2-4-6-5-3-1;/h2-6,11H,1H3;1-5H;/q2*-1;. The van der Waals surface area contributed by atoms with E-state index in [4.69, 9.17) is 0 Å². The minimum absolute atomic E-state index is 0. The molecule has 0 saturated carbocycles. The average Bonchev–Trinajstić information content (AvgIpc) is 2.56. The van der Waals surface area contributed by atoms with Gasteiger partial charge >= 0.3 is 0 Å². The zero-order valence-electron chi connectivity index (χ0n) is 12.1. The SMILES string of the molecule is C[N-]c1cncc2ccc(C(F)F)cc12.[Y].[c-]1ccccc1. The Morgan fingerprint density at radius 1 is 1.09 bits per heavy atom. The molecular formula is C17H14F2N2Y-2. The molecule has 0 fully saturated rings. The van der Waals surface area contributed by atoms with E-state index in [1.807, 2.05) is 30.3 Å². The first kappa shape index (κ1) is 18.7. The summed E-state index contributed by atoms with van der Waals surface area (Å²) in [6.45, 7) is 0. The predicted molar refractivity (Wildman–Crippen MR) is 80.9 cm³/mol. The Bertz CT molecular complexity index is 664. The number of halogens is 2. The van der Waals surface area contributed by atoms with Crippen LogP contribution in [0.5, 0.6) is 0 Å². The van der Waals surface area contributed by atoms with Gasteiger partial charge in [0.15, 0.2) is 0 Å². The number of hydrogen-bond donors (Lipinski definition) is 0. The van der Waals surface area contributed by atoms with Crippen LogP contribution in [0.1, 0.15) is 12.0 Å². The Balaban J connectivity index is 0.000000293. The van der Waals surface area contributed by atoms with Crippen molar-refractivity contribution in [3.8, 4) is 0 Å². The van der Waals surface area contributed by atoms with E-state index in [0.717, 1.165) is 5.39 Å². The fourth-order valence-electron chi connectivity index (χ4n) is 1.82. The van der Waals surface area contributed by atoms with Gasteiger partial charge in [0.1, 0.15) is 0 Å². The summed E-state index contributed by atoms with van der Waals surface area (Å²) >= 11 is 0. The van der Waals surface area contributed by atoms with Crippen molar-refractivity contribution in [1.82, 2.24) is 4.98 Å². The van der Waals surface area contributed by atoms with Crippen molar-refractivity contribution >= 4 is 16.5 Å². The summed E-state index contributed by atoms with van der Waals surface area (Å²) in [5.74, 6) is 0. The van der Waals surface area contributed by atoms with Crippen molar-refractivity contribution < 1.29 is 41.5 Å². The molecule has 0 saturated heterocycles. The molecule has 0 aliphatic carbocycles. The first-order chi connectivity index (χ1) is 10.2. The van der Waals surface area contributed by atoms with Gasteiger partial charge in [-0.05, 0) is 16.8 Å². The Morgan fingerprint density at radius 3 is 2.32 bits per heavy atom. The molecule has 1 aromatic heterocycles. The second-order valence-corrected chi connectivity index (χ2v) is 4.24. The van der Waals surface area contributed by atoms with Gasteiger partial charge in [-0.15, -0.1) is 12.7 Å². The molecule has 0 aliphatic rings. The molecule has 3 aromatic rings. The fourth-order valence-corrected chi connectivity index (χ4v) is 1.82. The first-order valence-corrected chi connectivity index (χ1v) is 6.39. The second-order valence-electron chi connectivity index (χ2n) is 4.24. The molecule has 0 atom stereocenters. The molecule has 2 aromatic carbocycles. The maximum absolute atomic E-state index is 12.5. The van der Waals surface area contributed by atoms with Gasteiger partial charge in [-0.2, -0.15) is 36.4 Å². The molecule has 0 spiro atoms. The third-order valence-corrected chi connectivity index (χ3v) is 2.86. The van der Waals surface area contributed by atoms with Crippen LogP contribution in [0, 0.1) is 6.07 Å². The zero-order chi connectivity index (χ0) is 15.1. The van der Waals surface area contributed by atoms with Crippen LogP contribution in [0.15, 0.2) is 60.9 Å². The minimum atomic E-state index is -2.45. The minimum Gasteiger partial charge on any atom is -0.685 e. The molecule has 0 aliphatic heterocycles.